The standard InChI is InChI=1S/C21H23N3/c1-24(16-17-8-4-2-5-9-17)21(19-10-6-3-7-11-19)13-12-20-18(14-21)15-22-23-20/h2-11,15H,12-14,16H2,1H3,(H,22,23). The first-order chi connectivity index (χ1) is 11.8. The molecular weight excluding hydrogens is 294 g/mol. The predicted molar refractivity (Wildman–Crippen MR) is 96.6 cm³/mol. The highest BCUT2D eigenvalue weighted by molar-refractivity contribution is 5.33. The number of benzene rings is 2. The maximum Gasteiger partial charge on any atom is 0.0522 e. The van der Waals surface area contributed by atoms with E-state index in [0.29, 0.717) is 0 Å². The van der Waals surface area contributed by atoms with Crippen LogP contribution >= 0.6 is 0 Å². The summed E-state index contributed by atoms with van der Waals surface area (Å²) in [5.74, 6) is 0. The first-order valence-electron chi connectivity index (χ1n) is 8.60. The number of fused-ring (bicyclic) bond motifs is 1. The van der Waals surface area contributed by atoms with Gasteiger partial charge < -0.3 is 0 Å². The fraction of sp³-hybridized carbons (Fsp3) is 0.286. The highest BCUT2D eigenvalue weighted by Crippen LogP contribution is 2.40. The molecule has 0 bridgehead atoms. The predicted octanol–water partition coefficient (Wildman–Crippen LogP) is 3.93. The second-order valence-corrected chi connectivity index (χ2v) is 6.79. The Balaban J connectivity index is 1.72. The number of likely N-dealkylation sites (N-methyl/N-ethyl adjacent to an activating group) is 1. The SMILES string of the molecule is CN(Cc1ccccc1)C1(c2ccccc2)CCc2[nH]ncc2C1. The van der Waals surface area contributed by atoms with E-state index in [1.165, 1.54) is 22.4 Å². The minimum Gasteiger partial charge on any atom is -0.292 e. The van der Waals surface area contributed by atoms with Gasteiger partial charge in [-0.05, 0) is 43.0 Å². The van der Waals surface area contributed by atoms with Gasteiger partial charge in [0, 0.05) is 12.2 Å². The van der Waals surface area contributed by atoms with E-state index in [4.69, 9.17) is 0 Å². The fourth-order valence-corrected chi connectivity index (χ4v) is 3.99. The van der Waals surface area contributed by atoms with Crippen LogP contribution in [0.4, 0.5) is 0 Å². The quantitative estimate of drug-likeness (QED) is 0.791. The smallest absolute Gasteiger partial charge is 0.0522 e. The summed E-state index contributed by atoms with van der Waals surface area (Å²) >= 11 is 0. The molecule has 24 heavy (non-hydrogen) atoms. The third-order valence-electron chi connectivity index (χ3n) is 5.38. The average molecular weight is 317 g/mol. The van der Waals surface area contributed by atoms with Gasteiger partial charge >= 0.3 is 0 Å². The molecule has 0 fully saturated rings. The van der Waals surface area contributed by atoms with Crippen molar-refractivity contribution < 1.29 is 0 Å². The van der Waals surface area contributed by atoms with Gasteiger partial charge in [0.15, 0.2) is 0 Å². The molecule has 1 aromatic heterocycles. The molecule has 0 saturated carbocycles. The third kappa shape index (κ3) is 2.65. The molecule has 0 amide bonds. The van der Waals surface area contributed by atoms with Crippen LogP contribution in [0.2, 0.25) is 0 Å². The molecule has 1 aliphatic rings. The van der Waals surface area contributed by atoms with Gasteiger partial charge in [0.2, 0.25) is 0 Å². The van der Waals surface area contributed by atoms with Gasteiger partial charge in [-0.25, -0.2) is 0 Å². The molecule has 1 N–H and O–H groups in total. The van der Waals surface area contributed by atoms with Gasteiger partial charge in [0.1, 0.15) is 0 Å². The van der Waals surface area contributed by atoms with E-state index in [1.54, 1.807) is 0 Å². The van der Waals surface area contributed by atoms with E-state index in [2.05, 4.69) is 82.8 Å². The molecule has 122 valence electrons. The molecule has 0 radical (unpaired) electrons. The van der Waals surface area contributed by atoms with E-state index in [-0.39, 0.29) is 5.54 Å². The summed E-state index contributed by atoms with van der Waals surface area (Å²) in [6.07, 6.45) is 5.16. The normalized spacial score (nSPS) is 20.1. The number of aromatic amines is 1. The number of nitrogens with one attached hydrogen (secondary N) is 1. The monoisotopic (exact) mass is 317 g/mol. The molecule has 1 unspecified atom stereocenters. The number of nitrogens with zero attached hydrogens (tertiary/aromatic N) is 2. The number of aryl methyl sites for hydroxylation is 1. The van der Waals surface area contributed by atoms with E-state index in [9.17, 15) is 0 Å². The topological polar surface area (TPSA) is 31.9 Å². The van der Waals surface area contributed by atoms with Crippen molar-refractivity contribution >= 4 is 0 Å². The van der Waals surface area contributed by atoms with Crippen molar-refractivity contribution in [2.75, 3.05) is 7.05 Å². The molecule has 0 aliphatic heterocycles. The molecule has 4 rings (SSSR count). The Labute approximate surface area is 143 Å². The van der Waals surface area contributed by atoms with Gasteiger partial charge in [0.05, 0.1) is 11.7 Å². The van der Waals surface area contributed by atoms with Crippen LogP contribution in [0.25, 0.3) is 0 Å². The number of H-pyrrole nitrogens is 1. The molecule has 3 nitrogen and oxygen atoms in total. The highest BCUT2D eigenvalue weighted by Gasteiger charge is 2.40. The van der Waals surface area contributed by atoms with Crippen LogP contribution in [0.3, 0.4) is 0 Å². The molecule has 1 atom stereocenters. The molecular formula is C21H23N3. The summed E-state index contributed by atoms with van der Waals surface area (Å²) in [6.45, 7) is 0.947. The zero-order valence-electron chi connectivity index (χ0n) is 14.1. The summed E-state index contributed by atoms with van der Waals surface area (Å²) in [5.41, 5.74) is 5.43. The first kappa shape index (κ1) is 15.2. The van der Waals surface area contributed by atoms with Crippen molar-refractivity contribution in [3.8, 4) is 0 Å². The lowest BCUT2D eigenvalue weighted by molar-refractivity contribution is 0.0908. The molecule has 3 heteroatoms. The molecule has 1 aliphatic carbocycles. The van der Waals surface area contributed by atoms with Gasteiger partial charge in [-0.1, -0.05) is 60.7 Å². The largest absolute Gasteiger partial charge is 0.292 e. The van der Waals surface area contributed by atoms with E-state index in [0.717, 1.165) is 25.8 Å². The zero-order chi connectivity index (χ0) is 16.4. The average Bonchev–Trinajstić information content (AvgIpc) is 3.10. The summed E-state index contributed by atoms with van der Waals surface area (Å²) < 4.78 is 0. The van der Waals surface area contributed by atoms with Crippen molar-refractivity contribution in [3.05, 3.63) is 89.2 Å². The van der Waals surface area contributed by atoms with Crippen molar-refractivity contribution in [1.82, 2.24) is 15.1 Å². The molecule has 3 aromatic rings. The number of aromatic nitrogens is 2. The van der Waals surface area contributed by atoms with Crippen LogP contribution in [0, 0.1) is 0 Å². The van der Waals surface area contributed by atoms with Gasteiger partial charge in [0.25, 0.3) is 0 Å². The van der Waals surface area contributed by atoms with Crippen molar-refractivity contribution in [1.29, 1.82) is 0 Å². The Kier molecular flexibility index (Phi) is 3.95. The van der Waals surface area contributed by atoms with Crippen molar-refractivity contribution in [2.24, 2.45) is 0 Å². The zero-order valence-corrected chi connectivity index (χ0v) is 14.1. The van der Waals surface area contributed by atoms with Gasteiger partial charge in [-0.3, -0.25) is 10.00 Å². The Morgan fingerprint density at radius 1 is 1.04 bits per heavy atom. The lowest BCUT2D eigenvalue weighted by atomic mass is 9.74. The van der Waals surface area contributed by atoms with Crippen LogP contribution in [0.1, 0.15) is 28.8 Å². The van der Waals surface area contributed by atoms with Crippen LogP contribution < -0.4 is 0 Å². The third-order valence-corrected chi connectivity index (χ3v) is 5.38. The van der Waals surface area contributed by atoms with Gasteiger partial charge in [-0.15, -0.1) is 0 Å². The number of hydrogen-bond acceptors (Lipinski definition) is 2. The molecule has 0 saturated heterocycles. The maximum atomic E-state index is 4.26. The second-order valence-electron chi connectivity index (χ2n) is 6.79. The molecule has 2 aromatic carbocycles. The summed E-state index contributed by atoms with van der Waals surface area (Å²) in [7, 11) is 2.26. The maximum absolute atomic E-state index is 4.26. The molecule has 0 spiro atoms. The summed E-state index contributed by atoms with van der Waals surface area (Å²) in [6, 6.07) is 21.7. The van der Waals surface area contributed by atoms with E-state index < -0.39 is 0 Å². The Morgan fingerprint density at radius 3 is 2.50 bits per heavy atom. The highest BCUT2D eigenvalue weighted by atomic mass is 15.2. The van der Waals surface area contributed by atoms with Crippen LogP contribution in [-0.4, -0.2) is 22.1 Å². The lowest BCUT2D eigenvalue weighted by Gasteiger charge is -2.45. The Morgan fingerprint density at radius 2 is 1.75 bits per heavy atom. The lowest BCUT2D eigenvalue weighted by Crippen LogP contribution is -2.47. The summed E-state index contributed by atoms with van der Waals surface area (Å²) in [4.78, 5) is 2.52. The minimum absolute atomic E-state index is 0.0218. The Hall–Kier alpha value is -2.39. The number of rotatable bonds is 4. The van der Waals surface area contributed by atoms with Gasteiger partial charge in [-0.2, -0.15) is 5.10 Å². The van der Waals surface area contributed by atoms with Crippen molar-refractivity contribution in [2.45, 2.75) is 31.3 Å². The first-order valence-corrected chi connectivity index (χ1v) is 8.60. The second kappa shape index (κ2) is 6.25. The van der Waals surface area contributed by atoms with E-state index in [1.807, 2.05) is 6.20 Å². The van der Waals surface area contributed by atoms with Crippen molar-refractivity contribution in [3.63, 3.8) is 0 Å². The summed E-state index contributed by atoms with van der Waals surface area (Å²) in [5, 5.41) is 7.43. The minimum atomic E-state index is 0.0218. The number of hydrogen-bond donors (Lipinski definition) is 1. The van der Waals surface area contributed by atoms with E-state index >= 15 is 0 Å². The van der Waals surface area contributed by atoms with Crippen LogP contribution in [0.15, 0.2) is 66.9 Å². The molecule has 1 heterocycles. The van der Waals surface area contributed by atoms with Crippen LogP contribution in [-0.2, 0) is 24.9 Å². The Bertz CT molecular complexity index is 794. The fourth-order valence-electron chi connectivity index (χ4n) is 3.99. The van der Waals surface area contributed by atoms with Crippen LogP contribution in [0.5, 0.6) is 0 Å².